The molecule has 2 aromatic carbocycles. The van der Waals surface area contributed by atoms with E-state index in [0.29, 0.717) is 12.0 Å². The van der Waals surface area contributed by atoms with Crippen molar-refractivity contribution in [2.45, 2.75) is 56.2 Å². The van der Waals surface area contributed by atoms with Crippen molar-refractivity contribution >= 4 is 5.97 Å². The maximum atomic E-state index is 11.2. The highest BCUT2D eigenvalue weighted by molar-refractivity contribution is 5.73. The number of carboxylic acids is 1. The molecule has 0 radical (unpaired) electrons. The van der Waals surface area contributed by atoms with E-state index in [9.17, 15) is 35.4 Å². The molecule has 1 fully saturated rings. The first-order valence-electron chi connectivity index (χ1n) is 10.7. The molecular weight excluding hydrogens is 450 g/mol. The molecule has 0 bridgehead atoms. The topological polar surface area (TPSA) is 189 Å². The van der Waals surface area contributed by atoms with Gasteiger partial charge in [-0.05, 0) is 48.7 Å². The largest absolute Gasteiger partial charge is 0.508 e. The maximum Gasteiger partial charge on any atom is 0.335 e. The van der Waals surface area contributed by atoms with Crippen molar-refractivity contribution in [1.82, 2.24) is 5.32 Å². The van der Waals surface area contributed by atoms with Gasteiger partial charge in [0.15, 0.2) is 6.10 Å². The van der Waals surface area contributed by atoms with E-state index < -0.39 is 42.8 Å². The number of aliphatic hydroxyl groups is 4. The summed E-state index contributed by atoms with van der Waals surface area (Å²) in [4.78, 5) is 11.2. The van der Waals surface area contributed by atoms with Crippen molar-refractivity contribution in [3.63, 3.8) is 0 Å². The normalized spacial score (nSPS) is 26.6. The van der Waals surface area contributed by atoms with E-state index >= 15 is 0 Å². The van der Waals surface area contributed by atoms with Crippen LogP contribution in [-0.2, 0) is 16.0 Å². The number of carboxylic acid groups (broad SMARTS) is 1. The van der Waals surface area contributed by atoms with Crippen LogP contribution < -0.4 is 10.1 Å². The van der Waals surface area contributed by atoms with E-state index in [2.05, 4.69) is 5.32 Å². The number of aliphatic carboxylic acids is 1. The number of ether oxygens (including phenoxy) is 2. The van der Waals surface area contributed by atoms with E-state index in [1.54, 1.807) is 24.3 Å². The van der Waals surface area contributed by atoms with Gasteiger partial charge in [0.05, 0.1) is 6.10 Å². The highest BCUT2D eigenvalue weighted by Gasteiger charge is 2.48. The molecule has 34 heavy (non-hydrogen) atoms. The van der Waals surface area contributed by atoms with Crippen LogP contribution in [0, 0.1) is 0 Å². The third-order valence-corrected chi connectivity index (χ3v) is 5.50. The zero-order valence-electron chi connectivity index (χ0n) is 18.4. The first-order chi connectivity index (χ1) is 16.0. The molecule has 3 rings (SSSR count). The standard InChI is InChI=1S/C23H29NO10/c1-11(24-10-17(27)13-7-14(25)9-15(26)8-13)6-12-2-4-16(5-3-12)33-23-20(30)18(28)19(29)21(34-23)22(31)32/h2-5,7-9,11,17-21,23-30H,6,10H2,1H3,(H,31,32)/t11-,17-,18-,19-,20+,21-,23+/m0/s1. The van der Waals surface area contributed by atoms with E-state index in [1.807, 2.05) is 6.92 Å². The summed E-state index contributed by atoms with van der Waals surface area (Å²) >= 11 is 0. The second kappa shape index (κ2) is 11.0. The molecule has 2 aromatic rings. The van der Waals surface area contributed by atoms with E-state index in [0.717, 1.165) is 5.56 Å². The van der Waals surface area contributed by atoms with Crippen LogP contribution in [0.15, 0.2) is 42.5 Å². The average Bonchev–Trinajstić information content (AvgIpc) is 2.78. The zero-order chi connectivity index (χ0) is 25.0. The molecule has 8 N–H and O–H groups in total. The van der Waals surface area contributed by atoms with Crippen LogP contribution in [0.25, 0.3) is 0 Å². The summed E-state index contributed by atoms with van der Waals surface area (Å²) in [6.45, 7) is 2.11. The number of phenolic OH excluding ortho intramolecular Hbond substituents is 2. The monoisotopic (exact) mass is 479 g/mol. The molecule has 1 heterocycles. The second-order valence-electron chi connectivity index (χ2n) is 8.31. The summed E-state index contributed by atoms with van der Waals surface area (Å²) in [5, 5.41) is 71.3. The van der Waals surface area contributed by atoms with Gasteiger partial charge in [-0.1, -0.05) is 12.1 Å². The van der Waals surface area contributed by atoms with Crippen molar-refractivity contribution in [1.29, 1.82) is 0 Å². The molecule has 1 aliphatic heterocycles. The van der Waals surface area contributed by atoms with Crippen molar-refractivity contribution in [3.05, 3.63) is 53.6 Å². The Labute approximate surface area is 195 Å². The molecule has 0 saturated carbocycles. The van der Waals surface area contributed by atoms with Crippen molar-refractivity contribution in [3.8, 4) is 17.2 Å². The number of aliphatic hydroxyl groups excluding tert-OH is 4. The Kier molecular flexibility index (Phi) is 8.31. The van der Waals surface area contributed by atoms with E-state index in [4.69, 9.17) is 14.6 Å². The quantitative estimate of drug-likeness (QED) is 0.234. The highest BCUT2D eigenvalue weighted by Crippen LogP contribution is 2.26. The molecule has 11 heteroatoms. The zero-order valence-corrected chi connectivity index (χ0v) is 18.4. The SMILES string of the molecule is C[C@@H](Cc1ccc(O[C@@H]2O[C@H](C(=O)O)[C@@H](O)[C@H](O)[C@H]2O)cc1)NC[C@H](O)c1cc(O)cc(O)c1. The number of rotatable bonds is 9. The van der Waals surface area contributed by atoms with Gasteiger partial charge in [0.2, 0.25) is 6.29 Å². The average molecular weight is 479 g/mol. The first kappa shape index (κ1) is 25.7. The van der Waals surface area contributed by atoms with Crippen molar-refractivity contribution in [2.24, 2.45) is 0 Å². The lowest BCUT2D eigenvalue weighted by Crippen LogP contribution is -2.61. The van der Waals surface area contributed by atoms with Gasteiger partial charge in [-0.25, -0.2) is 4.79 Å². The number of hydrogen-bond donors (Lipinski definition) is 8. The van der Waals surface area contributed by atoms with Crippen LogP contribution >= 0.6 is 0 Å². The fourth-order valence-electron chi connectivity index (χ4n) is 3.65. The van der Waals surface area contributed by atoms with Crippen molar-refractivity contribution in [2.75, 3.05) is 6.54 Å². The van der Waals surface area contributed by atoms with Gasteiger partial charge in [0.25, 0.3) is 0 Å². The Morgan fingerprint density at radius 1 is 1.03 bits per heavy atom. The fourth-order valence-corrected chi connectivity index (χ4v) is 3.65. The van der Waals surface area contributed by atoms with E-state index in [-0.39, 0.29) is 29.8 Å². The lowest BCUT2D eigenvalue weighted by atomic mass is 9.99. The molecule has 0 amide bonds. The van der Waals surface area contributed by atoms with Gasteiger partial charge in [-0.2, -0.15) is 0 Å². The molecule has 186 valence electrons. The highest BCUT2D eigenvalue weighted by atomic mass is 16.7. The number of phenols is 2. The summed E-state index contributed by atoms with van der Waals surface area (Å²) in [7, 11) is 0. The number of carbonyl (C=O) groups is 1. The van der Waals surface area contributed by atoms with Crippen LogP contribution in [-0.4, -0.2) is 85.0 Å². The molecule has 1 aliphatic rings. The molecule has 0 aromatic heterocycles. The maximum absolute atomic E-state index is 11.2. The second-order valence-corrected chi connectivity index (χ2v) is 8.31. The smallest absolute Gasteiger partial charge is 0.335 e. The van der Waals surface area contributed by atoms with Gasteiger partial charge < -0.3 is 50.5 Å². The van der Waals surface area contributed by atoms with Gasteiger partial charge in [0.1, 0.15) is 35.6 Å². The molecular formula is C23H29NO10. The predicted molar refractivity (Wildman–Crippen MR) is 117 cm³/mol. The van der Waals surface area contributed by atoms with Gasteiger partial charge in [-0.15, -0.1) is 0 Å². The molecule has 0 spiro atoms. The third-order valence-electron chi connectivity index (χ3n) is 5.50. The van der Waals surface area contributed by atoms with Crippen LogP contribution in [0.2, 0.25) is 0 Å². The lowest BCUT2D eigenvalue weighted by molar-refractivity contribution is -0.271. The van der Waals surface area contributed by atoms with Gasteiger partial charge >= 0.3 is 5.97 Å². The molecule has 7 atom stereocenters. The molecule has 0 unspecified atom stereocenters. The Balaban J connectivity index is 1.52. The van der Waals surface area contributed by atoms with Crippen LogP contribution in [0.1, 0.15) is 24.2 Å². The summed E-state index contributed by atoms with van der Waals surface area (Å²) < 4.78 is 10.6. The third kappa shape index (κ3) is 6.35. The van der Waals surface area contributed by atoms with E-state index in [1.165, 1.54) is 18.2 Å². The van der Waals surface area contributed by atoms with Gasteiger partial charge in [0, 0.05) is 18.7 Å². The summed E-state index contributed by atoms with van der Waals surface area (Å²) in [6.07, 6.45) is -8.74. The predicted octanol–water partition coefficient (Wildman–Crippen LogP) is -0.377. The molecule has 1 saturated heterocycles. The first-order valence-corrected chi connectivity index (χ1v) is 10.7. The van der Waals surface area contributed by atoms with Crippen LogP contribution in [0.4, 0.5) is 0 Å². The minimum atomic E-state index is -1.79. The number of benzene rings is 2. The number of aromatic hydroxyl groups is 2. The Bertz CT molecular complexity index is 948. The summed E-state index contributed by atoms with van der Waals surface area (Å²) in [6, 6.07) is 10.6. The minimum Gasteiger partial charge on any atom is -0.508 e. The Hall–Kier alpha value is -2.93. The Morgan fingerprint density at radius 3 is 2.24 bits per heavy atom. The van der Waals surface area contributed by atoms with Crippen LogP contribution in [0.5, 0.6) is 17.2 Å². The molecule has 11 nitrogen and oxygen atoms in total. The number of hydrogen-bond acceptors (Lipinski definition) is 10. The minimum absolute atomic E-state index is 0.0382. The Morgan fingerprint density at radius 2 is 1.65 bits per heavy atom. The van der Waals surface area contributed by atoms with Crippen LogP contribution in [0.3, 0.4) is 0 Å². The lowest BCUT2D eigenvalue weighted by Gasteiger charge is -2.38. The fraction of sp³-hybridized carbons (Fsp3) is 0.435. The van der Waals surface area contributed by atoms with Crippen molar-refractivity contribution < 1.29 is 50.0 Å². The number of nitrogens with one attached hydrogen (secondary N) is 1. The molecule has 0 aliphatic carbocycles. The summed E-state index contributed by atoms with van der Waals surface area (Å²) in [5.74, 6) is -1.51. The summed E-state index contributed by atoms with van der Waals surface area (Å²) in [5.41, 5.74) is 1.30. The van der Waals surface area contributed by atoms with Gasteiger partial charge in [-0.3, -0.25) is 0 Å².